The van der Waals surface area contributed by atoms with Crippen LogP contribution >= 0.6 is 11.6 Å². The van der Waals surface area contributed by atoms with Crippen LogP contribution in [0, 0.1) is 5.92 Å². The highest BCUT2D eigenvalue weighted by molar-refractivity contribution is 6.32. The molecule has 0 unspecified atom stereocenters. The van der Waals surface area contributed by atoms with Crippen molar-refractivity contribution in [3.63, 3.8) is 0 Å². The Balaban J connectivity index is 1.90. The first-order valence-corrected chi connectivity index (χ1v) is 9.45. The summed E-state index contributed by atoms with van der Waals surface area (Å²) in [4.78, 5) is 25.7. The first kappa shape index (κ1) is 21.1. The molecule has 0 atom stereocenters. The lowest BCUT2D eigenvalue weighted by molar-refractivity contribution is -0.148. The molecule has 2 rings (SSSR count). The number of hydrogen-bond donors (Lipinski definition) is 0. The molecule has 1 aromatic rings. The number of ether oxygens (including phenoxy) is 3. The first-order chi connectivity index (χ1) is 12.9. The van der Waals surface area contributed by atoms with Gasteiger partial charge in [0, 0.05) is 19.2 Å². The van der Waals surface area contributed by atoms with E-state index >= 15 is 0 Å². The number of nitrogens with zero attached hydrogens (tertiary/aromatic N) is 1. The number of piperidine rings is 1. The fourth-order valence-corrected chi connectivity index (χ4v) is 3.09. The van der Waals surface area contributed by atoms with Crippen LogP contribution in [0.3, 0.4) is 0 Å². The van der Waals surface area contributed by atoms with Gasteiger partial charge in [0.25, 0.3) is 5.91 Å². The molecule has 1 aliphatic heterocycles. The number of halogens is 1. The van der Waals surface area contributed by atoms with Crippen LogP contribution in [-0.4, -0.2) is 50.2 Å². The molecule has 1 saturated heterocycles. The number of likely N-dealkylation sites (tertiary alicyclic amines) is 1. The van der Waals surface area contributed by atoms with Gasteiger partial charge in [-0.25, -0.2) is 4.79 Å². The smallest absolute Gasteiger partial charge is 0.331 e. The Hall–Kier alpha value is -2.21. The van der Waals surface area contributed by atoms with Gasteiger partial charge in [-0.05, 0) is 49.5 Å². The SMILES string of the molecule is CCOc1c(Cl)cc(/C=C/C(=O)OCC(=O)N2CCC(C)CC2)cc1OC. The average molecular weight is 396 g/mol. The van der Waals surface area contributed by atoms with Gasteiger partial charge in [-0.1, -0.05) is 18.5 Å². The molecule has 1 aliphatic rings. The van der Waals surface area contributed by atoms with Gasteiger partial charge < -0.3 is 19.1 Å². The van der Waals surface area contributed by atoms with Crippen LogP contribution in [0.25, 0.3) is 6.08 Å². The maximum absolute atomic E-state index is 12.1. The highest BCUT2D eigenvalue weighted by Gasteiger charge is 2.20. The van der Waals surface area contributed by atoms with Gasteiger partial charge in [-0.2, -0.15) is 0 Å². The van der Waals surface area contributed by atoms with Crippen LogP contribution in [0.4, 0.5) is 0 Å². The van der Waals surface area contributed by atoms with Gasteiger partial charge >= 0.3 is 5.97 Å². The van der Waals surface area contributed by atoms with Crippen molar-refractivity contribution in [2.24, 2.45) is 5.92 Å². The van der Waals surface area contributed by atoms with Crippen LogP contribution in [0.1, 0.15) is 32.3 Å². The van der Waals surface area contributed by atoms with E-state index in [2.05, 4.69) is 6.92 Å². The van der Waals surface area contributed by atoms with E-state index in [-0.39, 0.29) is 12.5 Å². The monoisotopic (exact) mass is 395 g/mol. The zero-order valence-corrected chi connectivity index (χ0v) is 16.8. The number of carbonyl (C=O) groups excluding carboxylic acids is 2. The van der Waals surface area contributed by atoms with Crippen LogP contribution in [0.5, 0.6) is 11.5 Å². The normalized spacial score (nSPS) is 15.0. The second-order valence-corrected chi connectivity index (χ2v) is 6.88. The van der Waals surface area contributed by atoms with Crippen LogP contribution in [0.15, 0.2) is 18.2 Å². The third kappa shape index (κ3) is 6.17. The molecule has 0 radical (unpaired) electrons. The minimum Gasteiger partial charge on any atom is -0.493 e. The van der Waals surface area contributed by atoms with Crippen molar-refractivity contribution in [3.05, 3.63) is 28.8 Å². The lowest BCUT2D eigenvalue weighted by atomic mass is 9.99. The quantitative estimate of drug-likeness (QED) is 0.521. The highest BCUT2D eigenvalue weighted by atomic mass is 35.5. The Bertz CT molecular complexity index is 696. The molecule has 7 heteroatoms. The standard InChI is InChI=1S/C20H26ClNO5/c1-4-26-20-16(21)11-15(12-17(20)25-3)5-6-19(24)27-13-18(23)22-9-7-14(2)8-10-22/h5-6,11-12,14H,4,7-10,13H2,1-3H3/b6-5+. The minimum absolute atomic E-state index is 0.158. The number of methoxy groups -OCH3 is 1. The number of esters is 1. The van der Waals surface area contributed by atoms with E-state index in [1.54, 1.807) is 23.1 Å². The largest absolute Gasteiger partial charge is 0.493 e. The summed E-state index contributed by atoms with van der Waals surface area (Å²) >= 11 is 6.20. The Morgan fingerprint density at radius 2 is 2.00 bits per heavy atom. The van der Waals surface area contributed by atoms with Gasteiger partial charge in [0.1, 0.15) is 0 Å². The van der Waals surface area contributed by atoms with E-state index in [1.807, 2.05) is 6.92 Å². The van der Waals surface area contributed by atoms with E-state index in [4.69, 9.17) is 25.8 Å². The lowest BCUT2D eigenvalue weighted by Gasteiger charge is -2.30. The number of hydrogen-bond acceptors (Lipinski definition) is 5. The van der Waals surface area contributed by atoms with E-state index in [0.717, 1.165) is 25.9 Å². The molecular weight excluding hydrogens is 370 g/mol. The predicted molar refractivity (Wildman–Crippen MR) is 104 cm³/mol. The summed E-state index contributed by atoms with van der Waals surface area (Å²) in [5.41, 5.74) is 0.661. The highest BCUT2D eigenvalue weighted by Crippen LogP contribution is 2.36. The van der Waals surface area contributed by atoms with Crippen molar-refractivity contribution in [3.8, 4) is 11.5 Å². The third-order valence-corrected chi connectivity index (χ3v) is 4.71. The number of rotatable bonds is 7. The summed E-state index contributed by atoms with van der Waals surface area (Å²) in [5.74, 6) is 0.833. The Morgan fingerprint density at radius 3 is 2.63 bits per heavy atom. The van der Waals surface area contributed by atoms with Gasteiger partial charge in [0.2, 0.25) is 0 Å². The van der Waals surface area contributed by atoms with Crippen LogP contribution in [-0.2, 0) is 14.3 Å². The molecular formula is C20H26ClNO5. The topological polar surface area (TPSA) is 65.1 Å². The Labute approximate surface area is 165 Å². The summed E-state index contributed by atoms with van der Waals surface area (Å²) in [5, 5.41) is 0.388. The molecule has 0 aromatic heterocycles. The predicted octanol–water partition coefficient (Wildman–Crippen LogP) is 3.56. The van der Waals surface area contributed by atoms with E-state index in [9.17, 15) is 9.59 Å². The Morgan fingerprint density at radius 1 is 1.30 bits per heavy atom. The van der Waals surface area contributed by atoms with Crippen molar-refractivity contribution >= 4 is 29.6 Å². The second-order valence-electron chi connectivity index (χ2n) is 6.47. The van der Waals surface area contributed by atoms with E-state index < -0.39 is 5.97 Å². The summed E-state index contributed by atoms with van der Waals surface area (Å²) in [7, 11) is 1.52. The molecule has 27 heavy (non-hydrogen) atoms. The molecule has 0 spiro atoms. The molecule has 0 N–H and O–H groups in total. The van der Waals surface area contributed by atoms with Gasteiger partial charge in [0.05, 0.1) is 18.7 Å². The number of amides is 1. The zero-order chi connectivity index (χ0) is 19.8. The molecule has 0 aliphatic carbocycles. The van der Waals surface area contributed by atoms with Gasteiger partial charge in [-0.3, -0.25) is 4.79 Å². The second kappa shape index (κ2) is 10.2. The van der Waals surface area contributed by atoms with E-state index in [0.29, 0.717) is 34.6 Å². The number of carbonyl (C=O) groups is 2. The fourth-order valence-electron chi connectivity index (χ4n) is 2.81. The van der Waals surface area contributed by atoms with Crippen molar-refractivity contribution in [1.29, 1.82) is 0 Å². The van der Waals surface area contributed by atoms with Crippen molar-refractivity contribution in [2.45, 2.75) is 26.7 Å². The molecule has 6 nitrogen and oxygen atoms in total. The summed E-state index contributed by atoms with van der Waals surface area (Å²) in [6.45, 7) is 5.68. The van der Waals surface area contributed by atoms with Crippen molar-refractivity contribution in [2.75, 3.05) is 33.4 Å². The molecule has 0 saturated carbocycles. The molecule has 1 heterocycles. The van der Waals surface area contributed by atoms with Gasteiger partial charge in [0.15, 0.2) is 18.1 Å². The average Bonchev–Trinajstić information content (AvgIpc) is 2.66. The molecule has 0 bridgehead atoms. The molecule has 148 valence electrons. The zero-order valence-electron chi connectivity index (χ0n) is 16.0. The third-order valence-electron chi connectivity index (χ3n) is 4.43. The van der Waals surface area contributed by atoms with E-state index in [1.165, 1.54) is 13.2 Å². The summed E-state index contributed by atoms with van der Waals surface area (Å²) in [6.07, 6.45) is 4.79. The molecule has 1 aromatic carbocycles. The minimum atomic E-state index is -0.585. The van der Waals surface area contributed by atoms with Gasteiger partial charge in [-0.15, -0.1) is 0 Å². The maximum atomic E-state index is 12.1. The summed E-state index contributed by atoms with van der Waals surface area (Å²) in [6, 6.07) is 3.37. The lowest BCUT2D eigenvalue weighted by Crippen LogP contribution is -2.40. The maximum Gasteiger partial charge on any atom is 0.331 e. The molecule has 1 fully saturated rings. The van der Waals surface area contributed by atoms with Crippen LogP contribution < -0.4 is 9.47 Å². The van der Waals surface area contributed by atoms with Crippen LogP contribution in [0.2, 0.25) is 5.02 Å². The first-order valence-electron chi connectivity index (χ1n) is 9.07. The fraction of sp³-hybridized carbons (Fsp3) is 0.500. The van der Waals surface area contributed by atoms with Crippen molar-refractivity contribution < 1.29 is 23.8 Å². The molecule has 1 amide bonds. The van der Waals surface area contributed by atoms with Crippen molar-refractivity contribution in [1.82, 2.24) is 4.90 Å². The summed E-state index contributed by atoms with van der Waals surface area (Å²) < 4.78 is 15.8. The Kier molecular flexibility index (Phi) is 7.98. The number of benzene rings is 1.